The Bertz CT molecular complexity index is 283. The highest BCUT2D eigenvalue weighted by Gasteiger charge is 2.52. The molecule has 106 valence electrons. The van der Waals surface area contributed by atoms with Crippen molar-refractivity contribution in [2.75, 3.05) is 0 Å². The lowest BCUT2D eigenvalue weighted by atomic mass is 9.52. The van der Waals surface area contributed by atoms with Gasteiger partial charge in [0.05, 0.1) is 0 Å². The lowest BCUT2D eigenvalue weighted by Gasteiger charge is -2.56. The molecule has 0 aliphatic heterocycles. The van der Waals surface area contributed by atoms with Gasteiger partial charge >= 0.3 is 6.09 Å². The van der Waals surface area contributed by atoms with Crippen LogP contribution in [0.15, 0.2) is 0 Å². The molecule has 18 heavy (non-hydrogen) atoms. The molecule has 0 radical (unpaired) electrons. The highest BCUT2D eigenvalue weighted by atomic mass is 16.6. The summed E-state index contributed by atoms with van der Waals surface area (Å²) in [5.74, 6) is 0. The largest absolute Gasteiger partial charge is 0.444 e. The number of ether oxygens (including phenoxy) is 1. The molecular formula is C14H28N2O2. The second-order valence-corrected chi connectivity index (χ2v) is 6.42. The van der Waals surface area contributed by atoms with Crippen LogP contribution in [0.3, 0.4) is 0 Å². The molecule has 2 fully saturated rings. The highest BCUT2D eigenvalue weighted by Crippen LogP contribution is 2.55. The Labute approximate surface area is 111 Å². The minimum atomic E-state index is -0.412. The Morgan fingerprint density at radius 3 is 2.11 bits per heavy atom. The van der Waals surface area contributed by atoms with E-state index in [2.05, 4.69) is 5.32 Å². The fourth-order valence-corrected chi connectivity index (χ4v) is 2.95. The Kier molecular flexibility index (Phi) is 4.65. The van der Waals surface area contributed by atoms with Crippen LogP contribution in [-0.2, 0) is 4.74 Å². The molecule has 2 rings (SSSR count). The van der Waals surface area contributed by atoms with Gasteiger partial charge in [0.2, 0.25) is 0 Å². The van der Waals surface area contributed by atoms with Crippen molar-refractivity contribution >= 4 is 6.09 Å². The number of carbonyl (C=O) groups excluding carboxylic acids is 1. The molecule has 0 unspecified atom stereocenters. The van der Waals surface area contributed by atoms with Crippen molar-refractivity contribution in [1.82, 2.24) is 5.32 Å². The van der Waals surface area contributed by atoms with Gasteiger partial charge in [-0.3, -0.25) is 0 Å². The molecule has 4 nitrogen and oxygen atoms in total. The summed E-state index contributed by atoms with van der Waals surface area (Å²) in [6.07, 6.45) is 4.09. The van der Waals surface area contributed by atoms with E-state index in [4.69, 9.17) is 10.5 Å². The summed E-state index contributed by atoms with van der Waals surface area (Å²) in [6, 6.07) is 0.685. The summed E-state index contributed by atoms with van der Waals surface area (Å²) in [5, 5.41) is 2.91. The number of alkyl carbamates (subject to hydrolysis) is 1. The van der Waals surface area contributed by atoms with Crippen LogP contribution in [0.1, 0.15) is 60.3 Å². The van der Waals surface area contributed by atoms with E-state index >= 15 is 0 Å². The maximum Gasteiger partial charge on any atom is 0.407 e. The molecule has 1 spiro atoms. The zero-order chi connectivity index (χ0) is 14.0. The van der Waals surface area contributed by atoms with E-state index in [1.54, 1.807) is 0 Å². The van der Waals surface area contributed by atoms with Crippen LogP contribution in [-0.4, -0.2) is 23.8 Å². The molecule has 2 aliphatic carbocycles. The van der Waals surface area contributed by atoms with E-state index < -0.39 is 5.60 Å². The number of rotatable bonds is 1. The van der Waals surface area contributed by atoms with Crippen molar-refractivity contribution in [3.8, 4) is 0 Å². The minimum absolute atomic E-state index is 0.294. The zero-order valence-electron chi connectivity index (χ0n) is 12.4. The summed E-state index contributed by atoms with van der Waals surface area (Å²) in [5.41, 5.74) is 5.83. The van der Waals surface area contributed by atoms with Crippen molar-refractivity contribution in [3.63, 3.8) is 0 Å². The van der Waals surface area contributed by atoms with Gasteiger partial charge in [0, 0.05) is 12.1 Å². The number of nitrogens with one attached hydrogen (secondary N) is 1. The molecule has 2 aliphatic rings. The van der Waals surface area contributed by atoms with Gasteiger partial charge in [0.15, 0.2) is 0 Å². The Hall–Kier alpha value is -0.770. The van der Waals surface area contributed by atoms with Crippen LogP contribution in [0.2, 0.25) is 0 Å². The summed E-state index contributed by atoms with van der Waals surface area (Å²) < 4.78 is 5.21. The van der Waals surface area contributed by atoms with E-state index in [1.807, 2.05) is 34.6 Å². The molecule has 4 heteroatoms. The maximum absolute atomic E-state index is 11.5. The lowest BCUT2D eigenvalue weighted by Crippen LogP contribution is -2.59. The SMILES string of the molecule is CC.CC(C)(C)OC(=O)NC1CC2(CC(N)C2)C1. The van der Waals surface area contributed by atoms with Gasteiger partial charge in [-0.15, -0.1) is 0 Å². The van der Waals surface area contributed by atoms with Crippen LogP contribution < -0.4 is 11.1 Å². The standard InChI is InChI=1S/C12H22N2O2.C2H6/c1-11(2,3)16-10(15)14-9-6-12(7-9)4-8(13)5-12;1-2/h8-9H,4-7,13H2,1-3H3,(H,14,15);1-2H3. The molecule has 0 bridgehead atoms. The summed E-state index contributed by atoms with van der Waals surface area (Å²) in [6.45, 7) is 9.62. The smallest absolute Gasteiger partial charge is 0.407 e. The monoisotopic (exact) mass is 256 g/mol. The summed E-state index contributed by atoms with van der Waals surface area (Å²) in [4.78, 5) is 11.5. The molecule has 0 atom stereocenters. The van der Waals surface area contributed by atoms with Gasteiger partial charge in [0.1, 0.15) is 5.60 Å². The van der Waals surface area contributed by atoms with Crippen molar-refractivity contribution in [2.45, 2.75) is 78.0 Å². The fraction of sp³-hybridized carbons (Fsp3) is 0.929. The Balaban J connectivity index is 0.000000771. The lowest BCUT2D eigenvalue weighted by molar-refractivity contribution is -0.0227. The summed E-state index contributed by atoms with van der Waals surface area (Å²) >= 11 is 0. The second-order valence-electron chi connectivity index (χ2n) is 6.42. The topological polar surface area (TPSA) is 64.3 Å². The quantitative estimate of drug-likeness (QED) is 0.758. The molecule has 0 heterocycles. The van der Waals surface area contributed by atoms with Gasteiger partial charge in [-0.05, 0) is 51.9 Å². The minimum Gasteiger partial charge on any atom is -0.444 e. The Morgan fingerprint density at radius 2 is 1.72 bits per heavy atom. The normalized spacial score (nSPS) is 33.7. The first-order valence-electron chi connectivity index (χ1n) is 7.03. The van der Waals surface area contributed by atoms with Crippen molar-refractivity contribution < 1.29 is 9.53 Å². The number of nitrogens with two attached hydrogens (primary N) is 1. The van der Waals surface area contributed by atoms with E-state index in [0.29, 0.717) is 17.5 Å². The molecule has 0 aromatic carbocycles. The van der Waals surface area contributed by atoms with Gasteiger partial charge in [-0.25, -0.2) is 4.79 Å². The predicted octanol–water partition coefficient (Wildman–Crippen LogP) is 2.81. The number of amides is 1. The van der Waals surface area contributed by atoms with Crippen LogP contribution in [0.4, 0.5) is 4.79 Å². The number of carbonyl (C=O) groups is 1. The fourth-order valence-electron chi connectivity index (χ4n) is 2.95. The third-order valence-corrected chi connectivity index (χ3v) is 3.47. The van der Waals surface area contributed by atoms with Gasteiger partial charge < -0.3 is 15.8 Å². The highest BCUT2D eigenvalue weighted by molar-refractivity contribution is 5.68. The first-order chi connectivity index (χ1) is 8.28. The molecule has 3 N–H and O–H groups in total. The van der Waals surface area contributed by atoms with Gasteiger partial charge in [0.25, 0.3) is 0 Å². The van der Waals surface area contributed by atoms with Crippen LogP contribution in [0, 0.1) is 5.41 Å². The van der Waals surface area contributed by atoms with Gasteiger partial charge in [-0.1, -0.05) is 13.8 Å². The van der Waals surface area contributed by atoms with E-state index in [9.17, 15) is 4.79 Å². The van der Waals surface area contributed by atoms with Crippen LogP contribution in [0.25, 0.3) is 0 Å². The third-order valence-electron chi connectivity index (χ3n) is 3.47. The van der Waals surface area contributed by atoms with Crippen molar-refractivity contribution in [1.29, 1.82) is 0 Å². The molecule has 2 saturated carbocycles. The molecule has 0 aromatic rings. The van der Waals surface area contributed by atoms with Crippen LogP contribution in [0.5, 0.6) is 0 Å². The van der Waals surface area contributed by atoms with Crippen LogP contribution >= 0.6 is 0 Å². The average Bonchev–Trinajstić information content (AvgIpc) is 2.12. The average molecular weight is 256 g/mol. The first kappa shape index (κ1) is 15.3. The second kappa shape index (κ2) is 5.47. The molecule has 1 amide bonds. The van der Waals surface area contributed by atoms with Crippen molar-refractivity contribution in [3.05, 3.63) is 0 Å². The third kappa shape index (κ3) is 3.87. The molecular weight excluding hydrogens is 228 g/mol. The summed E-state index contributed by atoms with van der Waals surface area (Å²) in [7, 11) is 0. The van der Waals surface area contributed by atoms with E-state index in [0.717, 1.165) is 25.7 Å². The van der Waals surface area contributed by atoms with E-state index in [1.165, 1.54) is 0 Å². The number of hydrogen-bond acceptors (Lipinski definition) is 3. The zero-order valence-corrected chi connectivity index (χ0v) is 12.4. The number of hydrogen-bond donors (Lipinski definition) is 2. The van der Waals surface area contributed by atoms with Gasteiger partial charge in [-0.2, -0.15) is 0 Å². The Morgan fingerprint density at radius 1 is 1.22 bits per heavy atom. The molecule has 0 saturated heterocycles. The van der Waals surface area contributed by atoms with Crippen molar-refractivity contribution in [2.24, 2.45) is 11.1 Å². The maximum atomic E-state index is 11.5. The van der Waals surface area contributed by atoms with E-state index in [-0.39, 0.29) is 6.09 Å². The first-order valence-corrected chi connectivity index (χ1v) is 7.03. The predicted molar refractivity (Wildman–Crippen MR) is 73.4 cm³/mol. The molecule has 0 aromatic heterocycles.